The van der Waals surface area contributed by atoms with Crippen LogP contribution in [0.5, 0.6) is 5.88 Å². The molecule has 0 aliphatic heterocycles. The van der Waals surface area contributed by atoms with Gasteiger partial charge in [0, 0.05) is 12.1 Å². The summed E-state index contributed by atoms with van der Waals surface area (Å²) in [6, 6.07) is 0. The third-order valence-corrected chi connectivity index (χ3v) is 2.35. The van der Waals surface area contributed by atoms with E-state index in [0.717, 1.165) is 17.0 Å². The van der Waals surface area contributed by atoms with Crippen LogP contribution >= 0.6 is 0 Å². The van der Waals surface area contributed by atoms with E-state index in [0.29, 0.717) is 11.8 Å². The first-order chi connectivity index (χ1) is 7.13. The number of methoxy groups -OCH3 is 1. The van der Waals surface area contributed by atoms with Crippen LogP contribution in [0, 0.1) is 6.92 Å². The summed E-state index contributed by atoms with van der Waals surface area (Å²) in [6.07, 6.45) is 3.79. The first-order valence-electron chi connectivity index (χ1n) is 5.02. The smallest absolute Gasteiger partial charge is 0.239 e. The molecule has 4 nitrogen and oxygen atoms in total. The molecule has 0 atom stereocenters. The number of aryl methyl sites for hydroxylation is 1. The fourth-order valence-electron chi connectivity index (χ4n) is 1.68. The van der Waals surface area contributed by atoms with Crippen molar-refractivity contribution in [3.05, 3.63) is 23.9 Å². The van der Waals surface area contributed by atoms with E-state index in [1.54, 1.807) is 13.3 Å². The molecule has 2 aromatic rings. The van der Waals surface area contributed by atoms with Crippen molar-refractivity contribution in [2.24, 2.45) is 0 Å². The third kappa shape index (κ3) is 1.56. The highest BCUT2D eigenvalue weighted by Gasteiger charge is 2.12. The largest absolute Gasteiger partial charge is 0.479 e. The van der Waals surface area contributed by atoms with Crippen LogP contribution in [0.1, 0.15) is 31.3 Å². The van der Waals surface area contributed by atoms with E-state index in [-0.39, 0.29) is 0 Å². The Morgan fingerprint density at radius 2 is 2.13 bits per heavy atom. The Balaban J connectivity index is 2.75. The molecule has 0 amide bonds. The highest BCUT2D eigenvalue weighted by molar-refractivity contribution is 5.56. The van der Waals surface area contributed by atoms with Gasteiger partial charge in [0.15, 0.2) is 0 Å². The molecule has 2 heterocycles. The van der Waals surface area contributed by atoms with E-state index in [1.165, 1.54) is 0 Å². The number of rotatable bonds is 2. The molecule has 0 aliphatic rings. The summed E-state index contributed by atoms with van der Waals surface area (Å²) in [7, 11) is 1.63. The van der Waals surface area contributed by atoms with E-state index >= 15 is 0 Å². The Morgan fingerprint density at radius 1 is 1.40 bits per heavy atom. The van der Waals surface area contributed by atoms with Gasteiger partial charge in [0.2, 0.25) is 5.88 Å². The molecule has 0 radical (unpaired) electrons. The minimum Gasteiger partial charge on any atom is -0.479 e. The van der Waals surface area contributed by atoms with E-state index in [9.17, 15) is 0 Å². The monoisotopic (exact) mass is 205 g/mol. The lowest BCUT2D eigenvalue weighted by atomic mass is 10.2. The lowest BCUT2D eigenvalue weighted by molar-refractivity contribution is 0.400. The lowest BCUT2D eigenvalue weighted by Crippen LogP contribution is -2.00. The molecule has 0 unspecified atom stereocenters. The van der Waals surface area contributed by atoms with Crippen molar-refractivity contribution in [2.75, 3.05) is 7.11 Å². The summed E-state index contributed by atoms with van der Waals surface area (Å²) in [5, 5.41) is 0. The van der Waals surface area contributed by atoms with Crippen LogP contribution in [-0.2, 0) is 0 Å². The van der Waals surface area contributed by atoms with Crippen LogP contribution in [-0.4, -0.2) is 21.5 Å². The maximum Gasteiger partial charge on any atom is 0.239 e. The van der Waals surface area contributed by atoms with Crippen molar-refractivity contribution in [1.82, 2.24) is 14.4 Å². The number of fused-ring (bicyclic) bond motifs is 1. The highest BCUT2D eigenvalue weighted by atomic mass is 16.5. The lowest BCUT2D eigenvalue weighted by Gasteiger charge is -2.07. The second-order valence-corrected chi connectivity index (χ2v) is 3.92. The molecule has 2 aromatic heterocycles. The van der Waals surface area contributed by atoms with Crippen LogP contribution < -0.4 is 4.74 Å². The predicted molar refractivity (Wildman–Crippen MR) is 58.4 cm³/mol. The summed E-state index contributed by atoms with van der Waals surface area (Å²) in [4.78, 5) is 8.70. The van der Waals surface area contributed by atoms with Gasteiger partial charge in [-0.25, -0.2) is 9.97 Å². The molecule has 0 aromatic carbocycles. The van der Waals surface area contributed by atoms with E-state index in [4.69, 9.17) is 4.74 Å². The van der Waals surface area contributed by atoms with Crippen LogP contribution in [0.2, 0.25) is 0 Å². The number of imidazole rings is 1. The quantitative estimate of drug-likeness (QED) is 0.754. The van der Waals surface area contributed by atoms with Gasteiger partial charge in [0.1, 0.15) is 11.3 Å². The van der Waals surface area contributed by atoms with Gasteiger partial charge < -0.3 is 4.74 Å². The van der Waals surface area contributed by atoms with Gasteiger partial charge in [0.05, 0.1) is 19.0 Å². The Morgan fingerprint density at radius 3 is 2.73 bits per heavy atom. The van der Waals surface area contributed by atoms with E-state index in [1.807, 2.05) is 17.5 Å². The second kappa shape index (κ2) is 3.53. The minimum absolute atomic E-state index is 0.388. The average molecular weight is 205 g/mol. The fraction of sp³-hybridized carbons (Fsp3) is 0.455. The molecule has 0 saturated heterocycles. The van der Waals surface area contributed by atoms with Gasteiger partial charge in [-0.15, -0.1) is 0 Å². The van der Waals surface area contributed by atoms with Crippen LogP contribution in [0.25, 0.3) is 5.52 Å². The Kier molecular flexibility index (Phi) is 2.34. The molecular formula is C11H15N3O. The topological polar surface area (TPSA) is 39.4 Å². The van der Waals surface area contributed by atoms with Crippen LogP contribution in [0.4, 0.5) is 0 Å². The SMILES string of the molecule is COc1nc(C)cn2c(C(C)C)ncc12. The van der Waals surface area contributed by atoms with Gasteiger partial charge in [-0.05, 0) is 6.92 Å². The molecule has 80 valence electrons. The minimum atomic E-state index is 0.388. The zero-order chi connectivity index (χ0) is 11.0. The predicted octanol–water partition coefficient (Wildman–Crippen LogP) is 2.17. The zero-order valence-corrected chi connectivity index (χ0v) is 9.48. The Labute approximate surface area is 88.9 Å². The zero-order valence-electron chi connectivity index (χ0n) is 9.48. The first kappa shape index (κ1) is 9.96. The molecule has 0 N–H and O–H groups in total. The van der Waals surface area contributed by atoms with E-state index < -0.39 is 0 Å². The third-order valence-electron chi connectivity index (χ3n) is 2.35. The van der Waals surface area contributed by atoms with Gasteiger partial charge in [-0.2, -0.15) is 0 Å². The summed E-state index contributed by atoms with van der Waals surface area (Å²) in [5.74, 6) is 2.06. The second-order valence-electron chi connectivity index (χ2n) is 3.92. The van der Waals surface area contributed by atoms with Crippen molar-refractivity contribution in [3.8, 4) is 5.88 Å². The number of nitrogens with zero attached hydrogens (tertiary/aromatic N) is 3. The van der Waals surface area contributed by atoms with Crippen molar-refractivity contribution in [1.29, 1.82) is 0 Å². The summed E-state index contributed by atoms with van der Waals surface area (Å²) in [5.41, 5.74) is 1.85. The van der Waals surface area contributed by atoms with E-state index in [2.05, 4.69) is 23.8 Å². The number of hydrogen-bond acceptors (Lipinski definition) is 3. The molecule has 0 bridgehead atoms. The Hall–Kier alpha value is -1.58. The molecule has 0 fully saturated rings. The molecular weight excluding hydrogens is 190 g/mol. The first-order valence-corrected chi connectivity index (χ1v) is 5.02. The average Bonchev–Trinajstić information content (AvgIpc) is 2.59. The number of hydrogen-bond donors (Lipinski definition) is 0. The molecule has 0 aliphatic carbocycles. The van der Waals surface area contributed by atoms with Crippen molar-refractivity contribution in [3.63, 3.8) is 0 Å². The Bertz CT molecular complexity index is 488. The van der Waals surface area contributed by atoms with Crippen molar-refractivity contribution < 1.29 is 4.74 Å². The van der Waals surface area contributed by atoms with Crippen molar-refractivity contribution in [2.45, 2.75) is 26.7 Å². The summed E-state index contributed by atoms with van der Waals surface area (Å²) < 4.78 is 7.28. The summed E-state index contributed by atoms with van der Waals surface area (Å²) in [6.45, 7) is 6.19. The number of ether oxygens (including phenoxy) is 1. The van der Waals surface area contributed by atoms with Gasteiger partial charge in [-0.3, -0.25) is 4.40 Å². The molecule has 2 rings (SSSR count). The van der Waals surface area contributed by atoms with Gasteiger partial charge in [0.25, 0.3) is 0 Å². The van der Waals surface area contributed by atoms with Gasteiger partial charge in [-0.1, -0.05) is 13.8 Å². The normalized spacial score (nSPS) is 11.3. The molecule has 15 heavy (non-hydrogen) atoms. The van der Waals surface area contributed by atoms with Crippen molar-refractivity contribution >= 4 is 5.52 Å². The highest BCUT2D eigenvalue weighted by Crippen LogP contribution is 2.22. The maximum absolute atomic E-state index is 5.23. The van der Waals surface area contributed by atoms with Gasteiger partial charge >= 0.3 is 0 Å². The summed E-state index contributed by atoms with van der Waals surface area (Å²) >= 11 is 0. The fourth-order valence-corrected chi connectivity index (χ4v) is 1.68. The van der Waals surface area contributed by atoms with Crippen LogP contribution in [0.15, 0.2) is 12.4 Å². The molecule has 4 heteroatoms. The standard InChI is InChI=1S/C11H15N3O/c1-7(2)10-12-5-9-11(15-4)13-8(3)6-14(9)10/h5-7H,1-4H3. The number of aromatic nitrogens is 3. The molecule has 0 spiro atoms. The molecule has 0 saturated carbocycles. The maximum atomic E-state index is 5.23. The van der Waals surface area contributed by atoms with Crippen LogP contribution in [0.3, 0.4) is 0 Å².